The topological polar surface area (TPSA) is 200 Å². The Hall–Kier alpha value is -5.01. The van der Waals surface area contributed by atoms with E-state index in [0.717, 1.165) is 0 Å². The third kappa shape index (κ3) is 9.51. The van der Waals surface area contributed by atoms with E-state index in [0.29, 0.717) is 33.2 Å². The summed E-state index contributed by atoms with van der Waals surface area (Å²) in [6, 6.07) is 14.4. The van der Waals surface area contributed by atoms with Crippen LogP contribution in [0.25, 0.3) is 0 Å². The molecule has 0 spiro atoms. The minimum absolute atomic E-state index is 0.0663. The number of nitrogens with two attached hydrogens (primary N) is 2. The Balaban J connectivity index is 1.94. The lowest BCUT2D eigenvalue weighted by molar-refractivity contribution is -0.145. The SMILES string of the molecule is CCOC(=O)COc1c(CNc2ccc(Cl)cc2C(=O)Nc2ccc(/C(N)=N/O)cc2)cc(NC(=O)CN)cc1OC(C)C. The van der Waals surface area contributed by atoms with Gasteiger partial charge in [-0.15, -0.1) is 0 Å². The predicted molar refractivity (Wildman–Crippen MR) is 168 cm³/mol. The van der Waals surface area contributed by atoms with E-state index in [4.69, 9.17) is 42.5 Å². The lowest BCUT2D eigenvalue weighted by atomic mass is 10.1. The molecule has 234 valence electrons. The molecule has 0 saturated carbocycles. The average Bonchev–Trinajstić information content (AvgIpc) is 2.99. The number of anilines is 3. The summed E-state index contributed by atoms with van der Waals surface area (Å²) in [7, 11) is 0. The predicted octanol–water partition coefficient (Wildman–Crippen LogP) is 3.93. The Kier molecular flexibility index (Phi) is 12.2. The molecule has 3 rings (SSSR count). The molecule has 8 N–H and O–H groups in total. The first kappa shape index (κ1) is 33.5. The maximum Gasteiger partial charge on any atom is 0.344 e. The number of esters is 1. The van der Waals surface area contributed by atoms with Gasteiger partial charge >= 0.3 is 5.97 Å². The molecule has 0 aliphatic heterocycles. The average molecular weight is 627 g/mol. The van der Waals surface area contributed by atoms with Crippen molar-refractivity contribution in [1.82, 2.24) is 0 Å². The Labute approximate surface area is 259 Å². The number of hydrogen-bond acceptors (Lipinski definition) is 10. The largest absolute Gasteiger partial charge is 0.487 e. The number of nitrogens with zero attached hydrogens (tertiary/aromatic N) is 1. The van der Waals surface area contributed by atoms with E-state index < -0.39 is 17.8 Å². The minimum Gasteiger partial charge on any atom is -0.487 e. The molecule has 13 nitrogen and oxygen atoms in total. The van der Waals surface area contributed by atoms with Crippen molar-refractivity contribution in [3.05, 3.63) is 76.3 Å². The van der Waals surface area contributed by atoms with Gasteiger partial charge in [0.1, 0.15) is 0 Å². The van der Waals surface area contributed by atoms with Crippen LogP contribution in [-0.4, -0.2) is 54.7 Å². The molecule has 0 saturated heterocycles. The van der Waals surface area contributed by atoms with Gasteiger partial charge in [-0.25, -0.2) is 4.79 Å². The van der Waals surface area contributed by atoms with Crippen LogP contribution in [0.3, 0.4) is 0 Å². The van der Waals surface area contributed by atoms with E-state index in [1.54, 1.807) is 55.5 Å². The first-order valence-electron chi connectivity index (χ1n) is 13.6. The van der Waals surface area contributed by atoms with Crippen molar-refractivity contribution in [3.63, 3.8) is 0 Å². The Morgan fingerprint density at radius 2 is 1.75 bits per heavy atom. The van der Waals surface area contributed by atoms with E-state index >= 15 is 0 Å². The first-order valence-corrected chi connectivity index (χ1v) is 14.0. The highest BCUT2D eigenvalue weighted by atomic mass is 35.5. The van der Waals surface area contributed by atoms with Crippen LogP contribution < -0.4 is 36.9 Å². The van der Waals surface area contributed by atoms with Crippen molar-refractivity contribution in [2.24, 2.45) is 16.6 Å². The molecule has 0 fully saturated rings. The van der Waals surface area contributed by atoms with Gasteiger partial charge in [-0.3, -0.25) is 9.59 Å². The molecule has 0 aromatic heterocycles. The molecule has 44 heavy (non-hydrogen) atoms. The molecule has 14 heteroatoms. The summed E-state index contributed by atoms with van der Waals surface area (Å²) in [5.74, 6) is -0.994. The lowest BCUT2D eigenvalue weighted by Crippen LogP contribution is -2.22. The van der Waals surface area contributed by atoms with Crippen molar-refractivity contribution in [2.75, 3.05) is 35.7 Å². The van der Waals surface area contributed by atoms with E-state index in [2.05, 4.69) is 21.1 Å². The third-order valence-electron chi connectivity index (χ3n) is 5.85. The van der Waals surface area contributed by atoms with Crippen LogP contribution in [0.5, 0.6) is 11.5 Å². The Morgan fingerprint density at radius 3 is 2.39 bits per heavy atom. The van der Waals surface area contributed by atoms with Crippen LogP contribution >= 0.6 is 11.6 Å². The number of benzene rings is 3. The molecule has 0 atom stereocenters. The molecule has 0 bridgehead atoms. The number of halogens is 1. The maximum absolute atomic E-state index is 13.3. The third-order valence-corrected chi connectivity index (χ3v) is 6.08. The van der Waals surface area contributed by atoms with Gasteiger partial charge in [0.15, 0.2) is 23.9 Å². The molecule has 0 aliphatic rings. The minimum atomic E-state index is -0.571. The van der Waals surface area contributed by atoms with E-state index in [1.807, 2.05) is 13.8 Å². The van der Waals surface area contributed by atoms with Crippen LogP contribution in [-0.2, 0) is 20.9 Å². The number of carbonyl (C=O) groups is 3. The molecular formula is C30H35ClN6O7. The second-order valence-electron chi connectivity index (χ2n) is 9.54. The zero-order chi connectivity index (χ0) is 32.2. The summed E-state index contributed by atoms with van der Waals surface area (Å²) in [4.78, 5) is 37.5. The smallest absolute Gasteiger partial charge is 0.344 e. The molecule has 3 aromatic carbocycles. The number of ether oxygens (including phenoxy) is 3. The molecule has 0 aliphatic carbocycles. The molecule has 3 aromatic rings. The molecular weight excluding hydrogens is 592 g/mol. The number of nitrogens with one attached hydrogen (secondary N) is 3. The molecule has 0 radical (unpaired) electrons. The molecule has 2 amide bonds. The number of rotatable bonds is 14. The summed E-state index contributed by atoms with van der Waals surface area (Å²) in [6.45, 7) is 4.98. The summed E-state index contributed by atoms with van der Waals surface area (Å²) in [5, 5.41) is 20.9. The van der Waals surface area contributed by atoms with Gasteiger partial charge in [0, 0.05) is 45.8 Å². The van der Waals surface area contributed by atoms with Crippen molar-refractivity contribution >= 4 is 52.3 Å². The Bertz CT molecular complexity index is 1510. The van der Waals surface area contributed by atoms with E-state index in [1.165, 1.54) is 6.07 Å². The Morgan fingerprint density at radius 1 is 1.02 bits per heavy atom. The second-order valence-corrected chi connectivity index (χ2v) is 9.97. The van der Waals surface area contributed by atoms with Gasteiger partial charge in [0.2, 0.25) is 5.91 Å². The number of amidine groups is 1. The van der Waals surface area contributed by atoms with Gasteiger partial charge < -0.3 is 46.8 Å². The van der Waals surface area contributed by atoms with Gasteiger partial charge in [-0.1, -0.05) is 16.8 Å². The van der Waals surface area contributed by atoms with Gasteiger partial charge in [-0.2, -0.15) is 0 Å². The van der Waals surface area contributed by atoms with E-state index in [-0.39, 0.29) is 55.3 Å². The first-order chi connectivity index (χ1) is 21.0. The zero-order valence-electron chi connectivity index (χ0n) is 24.5. The van der Waals surface area contributed by atoms with E-state index in [9.17, 15) is 14.4 Å². The summed E-state index contributed by atoms with van der Waals surface area (Å²) >= 11 is 6.24. The normalized spacial score (nSPS) is 11.1. The lowest BCUT2D eigenvalue weighted by Gasteiger charge is -2.21. The monoisotopic (exact) mass is 626 g/mol. The maximum atomic E-state index is 13.3. The van der Waals surface area contributed by atoms with Gasteiger partial charge in [-0.05, 0) is 69.3 Å². The number of carbonyl (C=O) groups excluding carboxylic acids is 3. The van der Waals surface area contributed by atoms with Crippen LogP contribution in [0, 0.1) is 0 Å². The zero-order valence-corrected chi connectivity index (χ0v) is 25.2. The molecule has 0 heterocycles. The van der Waals surface area contributed by atoms with Gasteiger partial charge in [0.05, 0.1) is 24.8 Å². The van der Waals surface area contributed by atoms with Crippen LogP contribution in [0.15, 0.2) is 59.8 Å². The van der Waals surface area contributed by atoms with Crippen molar-refractivity contribution < 1.29 is 33.8 Å². The highest BCUT2D eigenvalue weighted by molar-refractivity contribution is 6.31. The highest BCUT2D eigenvalue weighted by Gasteiger charge is 2.20. The second kappa shape index (κ2) is 16.0. The van der Waals surface area contributed by atoms with Crippen molar-refractivity contribution in [3.8, 4) is 11.5 Å². The summed E-state index contributed by atoms with van der Waals surface area (Å²) in [6.07, 6.45) is -0.269. The van der Waals surface area contributed by atoms with Crippen molar-refractivity contribution in [1.29, 1.82) is 0 Å². The van der Waals surface area contributed by atoms with Crippen LogP contribution in [0.4, 0.5) is 17.1 Å². The fourth-order valence-corrected chi connectivity index (χ4v) is 4.12. The summed E-state index contributed by atoms with van der Waals surface area (Å²) in [5.41, 5.74) is 13.6. The molecule has 0 unspecified atom stereocenters. The van der Waals surface area contributed by atoms with Crippen LogP contribution in [0.2, 0.25) is 5.02 Å². The van der Waals surface area contributed by atoms with Crippen LogP contribution in [0.1, 0.15) is 42.3 Å². The summed E-state index contributed by atoms with van der Waals surface area (Å²) < 4.78 is 16.8. The highest BCUT2D eigenvalue weighted by Crippen LogP contribution is 2.37. The van der Waals surface area contributed by atoms with Gasteiger partial charge in [0.25, 0.3) is 5.91 Å². The van der Waals surface area contributed by atoms with Crippen molar-refractivity contribution in [2.45, 2.75) is 33.4 Å². The standard InChI is InChI=1S/C30H35ClN6O7/c1-4-42-27(39)16-43-28-19(11-22(35-26(38)14-32)13-25(28)44-17(2)3)15-34-24-10-7-20(31)12-23(24)30(40)36-21-8-5-18(6-9-21)29(33)37-41/h5-13,17,34,41H,4,14-16,32H2,1-3H3,(H2,33,37)(H,35,38)(H,36,40). The number of oxime groups is 1. The number of amides is 2. The quantitative estimate of drug-likeness (QED) is 0.0501. The fourth-order valence-electron chi connectivity index (χ4n) is 3.94. The number of hydrogen-bond donors (Lipinski definition) is 6. The fraction of sp³-hybridized carbons (Fsp3) is 0.267.